The minimum Gasteiger partial charge on any atom is -0.465 e. The summed E-state index contributed by atoms with van der Waals surface area (Å²) in [5.41, 5.74) is 5.51. The van der Waals surface area contributed by atoms with E-state index < -0.39 is 6.09 Å². The van der Waals surface area contributed by atoms with Crippen molar-refractivity contribution in [3.8, 4) is 0 Å². The minimum atomic E-state index is -0.903. The average molecular weight is 280 g/mol. The van der Waals surface area contributed by atoms with E-state index in [0.29, 0.717) is 25.6 Å². The first kappa shape index (κ1) is 12.6. The maximum Gasteiger partial charge on any atom is 0.407 e. The van der Waals surface area contributed by atoms with E-state index >= 15 is 0 Å². The third-order valence-electron chi connectivity index (χ3n) is 3.71. The highest BCUT2D eigenvalue weighted by Crippen LogP contribution is 2.25. The first-order valence-corrected chi connectivity index (χ1v) is 6.43. The van der Waals surface area contributed by atoms with Crippen LogP contribution in [-0.2, 0) is 0 Å². The normalized spacial score (nSPS) is 25.9. The predicted octanol–water partition coefficient (Wildman–Crippen LogP) is -0.459. The van der Waals surface area contributed by atoms with E-state index in [-0.39, 0.29) is 18.0 Å². The molecule has 3 heterocycles. The molecule has 9 nitrogen and oxygen atoms in total. The van der Waals surface area contributed by atoms with E-state index in [1.54, 1.807) is 6.20 Å². The number of nitrogens with one attached hydrogen (secondary N) is 1. The van der Waals surface area contributed by atoms with E-state index in [2.05, 4.69) is 10.3 Å². The molecule has 0 aromatic rings. The molecular formula is C11H16N6O3. The molecule has 0 aromatic heterocycles. The Labute approximate surface area is 115 Å². The number of nitrogens with two attached hydrogens (primary N) is 1. The van der Waals surface area contributed by atoms with Crippen LogP contribution < -0.4 is 11.1 Å². The Hall–Kier alpha value is -2.45. The molecule has 0 aromatic carbocycles. The number of amides is 3. The molecule has 3 rings (SSSR count). The van der Waals surface area contributed by atoms with Crippen molar-refractivity contribution < 1.29 is 14.7 Å². The topological polar surface area (TPSA) is 114 Å². The second kappa shape index (κ2) is 4.58. The van der Waals surface area contributed by atoms with Crippen LogP contribution >= 0.6 is 0 Å². The van der Waals surface area contributed by atoms with Gasteiger partial charge in [-0.25, -0.2) is 9.59 Å². The molecule has 20 heavy (non-hydrogen) atoms. The number of guanidine groups is 1. The lowest BCUT2D eigenvalue weighted by atomic mass is 10.1. The van der Waals surface area contributed by atoms with Crippen LogP contribution in [0.3, 0.4) is 0 Å². The predicted molar refractivity (Wildman–Crippen MR) is 69.4 cm³/mol. The summed E-state index contributed by atoms with van der Waals surface area (Å²) < 4.78 is 0. The second-order valence-corrected chi connectivity index (χ2v) is 5.02. The third kappa shape index (κ3) is 2.10. The molecule has 0 radical (unpaired) electrons. The largest absolute Gasteiger partial charge is 0.465 e. The van der Waals surface area contributed by atoms with E-state index in [0.717, 1.165) is 12.8 Å². The summed E-state index contributed by atoms with van der Waals surface area (Å²) in [5.74, 6) is 0.578. The van der Waals surface area contributed by atoms with Crippen LogP contribution in [0.1, 0.15) is 12.8 Å². The van der Waals surface area contributed by atoms with Crippen molar-refractivity contribution in [2.45, 2.75) is 18.9 Å². The quantitative estimate of drug-likeness (QED) is 0.601. The Kier molecular flexibility index (Phi) is 2.88. The van der Waals surface area contributed by atoms with Gasteiger partial charge in [-0.2, -0.15) is 4.99 Å². The Morgan fingerprint density at radius 3 is 3.10 bits per heavy atom. The van der Waals surface area contributed by atoms with Gasteiger partial charge in [-0.15, -0.1) is 0 Å². The maximum atomic E-state index is 11.8. The Balaban J connectivity index is 1.74. The molecule has 3 aliphatic rings. The molecule has 4 N–H and O–H groups in total. The Bertz CT molecular complexity index is 516. The fourth-order valence-corrected chi connectivity index (χ4v) is 2.70. The van der Waals surface area contributed by atoms with Crippen LogP contribution in [-0.4, -0.2) is 63.7 Å². The molecule has 3 aliphatic heterocycles. The highest BCUT2D eigenvalue weighted by molar-refractivity contribution is 5.98. The van der Waals surface area contributed by atoms with Gasteiger partial charge in [-0.05, 0) is 12.8 Å². The van der Waals surface area contributed by atoms with Crippen LogP contribution in [0.5, 0.6) is 0 Å². The lowest BCUT2D eigenvalue weighted by molar-refractivity contribution is 0.0980. The van der Waals surface area contributed by atoms with Gasteiger partial charge in [0.1, 0.15) is 6.67 Å². The summed E-state index contributed by atoms with van der Waals surface area (Å²) in [5, 5.41) is 11.5. The fraction of sp³-hybridized carbons (Fsp3) is 0.545. The van der Waals surface area contributed by atoms with Crippen molar-refractivity contribution in [3.63, 3.8) is 0 Å². The summed E-state index contributed by atoms with van der Waals surface area (Å²) in [4.78, 5) is 31.7. The molecule has 1 unspecified atom stereocenters. The van der Waals surface area contributed by atoms with Gasteiger partial charge in [0, 0.05) is 25.3 Å². The van der Waals surface area contributed by atoms with Crippen molar-refractivity contribution in [1.82, 2.24) is 20.0 Å². The van der Waals surface area contributed by atoms with Gasteiger partial charge >= 0.3 is 12.1 Å². The van der Waals surface area contributed by atoms with Gasteiger partial charge in [-0.1, -0.05) is 0 Å². The van der Waals surface area contributed by atoms with Crippen LogP contribution in [0.15, 0.2) is 17.0 Å². The Morgan fingerprint density at radius 1 is 1.55 bits per heavy atom. The van der Waals surface area contributed by atoms with Gasteiger partial charge in [-0.3, -0.25) is 10.2 Å². The highest BCUT2D eigenvalue weighted by Gasteiger charge is 2.35. The van der Waals surface area contributed by atoms with E-state index in [9.17, 15) is 9.59 Å². The minimum absolute atomic E-state index is 0.0576. The molecular weight excluding hydrogens is 264 g/mol. The summed E-state index contributed by atoms with van der Waals surface area (Å²) in [6, 6.07) is -0.251. The molecule has 0 spiro atoms. The number of nitrogens with zero attached hydrogens (tertiary/aromatic N) is 4. The summed E-state index contributed by atoms with van der Waals surface area (Å²) >= 11 is 0. The van der Waals surface area contributed by atoms with Crippen LogP contribution in [0.25, 0.3) is 0 Å². The Morgan fingerprint density at radius 2 is 2.35 bits per heavy atom. The summed E-state index contributed by atoms with van der Waals surface area (Å²) in [7, 11) is 0. The van der Waals surface area contributed by atoms with Gasteiger partial charge in [0.05, 0.1) is 0 Å². The number of urea groups is 1. The molecule has 0 saturated carbocycles. The molecule has 108 valence electrons. The van der Waals surface area contributed by atoms with Crippen LogP contribution in [0.4, 0.5) is 9.59 Å². The molecule has 1 saturated heterocycles. The van der Waals surface area contributed by atoms with Crippen molar-refractivity contribution in [2.75, 3.05) is 19.8 Å². The first-order chi connectivity index (χ1) is 9.54. The first-order valence-electron chi connectivity index (χ1n) is 6.43. The zero-order chi connectivity index (χ0) is 14.3. The number of rotatable bonds is 1. The van der Waals surface area contributed by atoms with E-state index in [1.807, 2.05) is 4.90 Å². The smallest absolute Gasteiger partial charge is 0.407 e. The van der Waals surface area contributed by atoms with Crippen molar-refractivity contribution in [1.29, 1.82) is 0 Å². The number of carboxylic acid groups (broad SMARTS) is 1. The third-order valence-corrected chi connectivity index (χ3v) is 3.71. The van der Waals surface area contributed by atoms with Crippen LogP contribution in [0.2, 0.25) is 0 Å². The van der Waals surface area contributed by atoms with Crippen molar-refractivity contribution in [3.05, 3.63) is 12.0 Å². The lowest BCUT2D eigenvalue weighted by Gasteiger charge is -2.36. The number of carbonyl (C=O) groups excluding carboxylic acids is 1. The molecule has 0 aliphatic carbocycles. The number of carbonyl (C=O) groups is 2. The molecule has 0 bridgehead atoms. The van der Waals surface area contributed by atoms with Gasteiger partial charge in [0.2, 0.25) is 5.96 Å². The van der Waals surface area contributed by atoms with Crippen LogP contribution in [0, 0.1) is 0 Å². The number of hydrogen-bond donors (Lipinski definition) is 3. The van der Waals surface area contributed by atoms with Crippen molar-refractivity contribution >= 4 is 18.1 Å². The second-order valence-electron chi connectivity index (χ2n) is 5.02. The van der Waals surface area contributed by atoms with Gasteiger partial charge < -0.3 is 20.6 Å². The number of piperidine rings is 1. The standard InChI is InChI=1S/C11H16N6O3/c12-9-13-8-5-16(6-17(8)10(18)14-9)7-2-1-3-15(4-7)11(19)20/h5,7H,1-4,6H2,(H,19,20)(H3,12,13,14,18). The molecule has 9 heteroatoms. The highest BCUT2D eigenvalue weighted by atomic mass is 16.4. The van der Waals surface area contributed by atoms with E-state index in [1.165, 1.54) is 9.80 Å². The zero-order valence-electron chi connectivity index (χ0n) is 10.8. The molecule has 3 amide bonds. The van der Waals surface area contributed by atoms with Gasteiger partial charge in [0.25, 0.3) is 0 Å². The van der Waals surface area contributed by atoms with E-state index in [4.69, 9.17) is 10.8 Å². The summed E-state index contributed by atoms with van der Waals surface area (Å²) in [6.07, 6.45) is 2.57. The zero-order valence-corrected chi connectivity index (χ0v) is 10.8. The lowest BCUT2D eigenvalue weighted by Crippen LogP contribution is -2.51. The molecule has 1 atom stereocenters. The monoisotopic (exact) mass is 280 g/mol. The van der Waals surface area contributed by atoms with Gasteiger partial charge in [0.15, 0.2) is 5.82 Å². The number of likely N-dealkylation sites (tertiary alicyclic amines) is 1. The maximum absolute atomic E-state index is 11.8. The summed E-state index contributed by atoms with van der Waals surface area (Å²) in [6.45, 7) is 1.37. The number of aliphatic imine (C=N–C) groups is 1. The molecule has 1 fully saturated rings. The number of hydrogen-bond acceptors (Lipinski definition) is 5. The average Bonchev–Trinajstić information content (AvgIpc) is 2.83. The SMILES string of the molecule is NC1=NC2=CN(C3CCCN(C(=O)O)C3)CN2C(=O)N1. The number of fused-ring (bicyclic) bond motifs is 1. The van der Waals surface area contributed by atoms with Crippen molar-refractivity contribution in [2.24, 2.45) is 10.7 Å². The fourth-order valence-electron chi connectivity index (χ4n) is 2.70.